The smallest absolute Gasteiger partial charge is 0.183 e. The second-order valence-electron chi connectivity index (χ2n) is 7.64. The molecular formula is C22H33N3O2. The van der Waals surface area contributed by atoms with Gasteiger partial charge in [-0.25, -0.2) is 4.99 Å². The lowest BCUT2D eigenvalue weighted by Crippen LogP contribution is -2.53. The number of nitrogens with zero attached hydrogens (tertiary/aromatic N) is 2. The van der Waals surface area contributed by atoms with E-state index in [1.54, 1.807) is 7.11 Å². The molecule has 2 heterocycles. The zero-order valence-corrected chi connectivity index (χ0v) is 16.7. The molecule has 1 N–H and O–H groups in total. The van der Waals surface area contributed by atoms with Crippen molar-refractivity contribution in [3.8, 4) is 0 Å². The highest BCUT2D eigenvalue weighted by Crippen LogP contribution is 2.38. The van der Waals surface area contributed by atoms with Crippen LogP contribution in [0.5, 0.6) is 0 Å². The van der Waals surface area contributed by atoms with Crippen LogP contribution < -0.4 is 5.32 Å². The molecule has 27 heavy (non-hydrogen) atoms. The Hall–Kier alpha value is -1.85. The summed E-state index contributed by atoms with van der Waals surface area (Å²) in [6, 6.07) is 11.1. The minimum atomic E-state index is -0.0866. The number of ether oxygens (including phenoxy) is 2. The van der Waals surface area contributed by atoms with Gasteiger partial charge in [-0.2, -0.15) is 0 Å². The SMILES string of the molecule is C=CN(CCOCc1ccccc1)C1CN[C@@H](C)CC[C@]12CCC(OC)=N2. The van der Waals surface area contributed by atoms with E-state index in [4.69, 9.17) is 14.5 Å². The first-order valence-electron chi connectivity index (χ1n) is 10.0. The number of benzene rings is 1. The molecule has 0 bridgehead atoms. The zero-order chi connectivity index (χ0) is 19.1. The standard InChI is InChI=1S/C22H33N3O2/c1-4-25(14-15-27-17-19-8-6-5-7-9-19)20-16-23-18(2)10-12-22(20)13-11-21(24-22)26-3/h4-9,18,20,23H,1,10-17H2,2-3H3/t18-,20?,22-/m0/s1. The molecule has 1 fully saturated rings. The summed E-state index contributed by atoms with van der Waals surface area (Å²) in [6.07, 6.45) is 6.14. The third-order valence-corrected chi connectivity index (χ3v) is 5.89. The van der Waals surface area contributed by atoms with Crippen molar-refractivity contribution in [2.24, 2.45) is 4.99 Å². The molecule has 1 aromatic carbocycles. The Bertz CT molecular complexity index is 634. The average molecular weight is 372 g/mol. The molecule has 5 nitrogen and oxygen atoms in total. The van der Waals surface area contributed by atoms with Crippen LogP contribution in [0.4, 0.5) is 0 Å². The number of hydrogen-bond donors (Lipinski definition) is 1. The van der Waals surface area contributed by atoms with E-state index in [0.29, 0.717) is 19.3 Å². The van der Waals surface area contributed by atoms with Gasteiger partial charge in [0.05, 0.1) is 31.9 Å². The number of methoxy groups -OCH3 is 1. The molecule has 0 saturated carbocycles. The molecule has 0 aromatic heterocycles. The molecule has 3 atom stereocenters. The Kier molecular flexibility index (Phi) is 6.91. The van der Waals surface area contributed by atoms with Crippen LogP contribution in [0.1, 0.15) is 38.2 Å². The number of rotatable bonds is 7. The molecule has 1 saturated heterocycles. The van der Waals surface area contributed by atoms with Crippen LogP contribution in [-0.2, 0) is 16.1 Å². The van der Waals surface area contributed by atoms with Crippen LogP contribution >= 0.6 is 0 Å². The van der Waals surface area contributed by atoms with E-state index < -0.39 is 0 Å². The van der Waals surface area contributed by atoms with Crippen LogP contribution in [0.3, 0.4) is 0 Å². The summed E-state index contributed by atoms with van der Waals surface area (Å²) in [4.78, 5) is 7.36. The minimum absolute atomic E-state index is 0.0866. The first-order chi connectivity index (χ1) is 13.2. The Morgan fingerprint density at radius 1 is 1.33 bits per heavy atom. The molecule has 3 rings (SSSR count). The van der Waals surface area contributed by atoms with E-state index in [2.05, 4.69) is 35.9 Å². The van der Waals surface area contributed by atoms with Gasteiger partial charge < -0.3 is 19.7 Å². The van der Waals surface area contributed by atoms with E-state index in [9.17, 15) is 0 Å². The van der Waals surface area contributed by atoms with Crippen LogP contribution in [0.25, 0.3) is 0 Å². The molecule has 0 amide bonds. The van der Waals surface area contributed by atoms with Crippen LogP contribution in [0.15, 0.2) is 48.1 Å². The van der Waals surface area contributed by atoms with Gasteiger partial charge >= 0.3 is 0 Å². The topological polar surface area (TPSA) is 46.1 Å². The highest BCUT2D eigenvalue weighted by molar-refractivity contribution is 5.78. The number of aliphatic imine (C=N–C) groups is 1. The van der Waals surface area contributed by atoms with Gasteiger partial charge in [-0.1, -0.05) is 36.9 Å². The van der Waals surface area contributed by atoms with Gasteiger partial charge in [-0.05, 0) is 37.9 Å². The van der Waals surface area contributed by atoms with Crippen LogP contribution in [0, 0.1) is 0 Å². The van der Waals surface area contributed by atoms with Gasteiger partial charge in [0.15, 0.2) is 5.90 Å². The third kappa shape index (κ3) is 4.90. The predicted octanol–water partition coefficient (Wildman–Crippen LogP) is 3.37. The minimum Gasteiger partial charge on any atom is -0.484 e. The van der Waals surface area contributed by atoms with Gasteiger partial charge in [0.1, 0.15) is 0 Å². The normalized spacial score (nSPS) is 27.9. The van der Waals surface area contributed by atoms with Gasteiger partial charge in [0.2, 0.25) is 0 Å². The molecule has 1 unspecified atom stereocenters. The maximum Gasteiger partial charge on any atom is 0.183 e. The molecule has 0 radical (unpaired) electrons. The molecule has 5 heteroatoms. The molecule has 1 aromatic rings. The van der Waals surface area contributed by atoms with E-state index in [1.165, 1.54) is 5.56 Å². The fourth-order valence-corrected chi connectivity index (χ4v) is 4.23. The molecule has 148 valence electrons. The van der Waals surface area contributed by atoms with Crippen molar-refractivity contribution in [1.29, 1.82) is 0 Å². The maximum atomic E-state index is 5.92. The maximum absolute atomic E-state index is 5.92. The Morgan fingerprint density at radius 2 is 2.15 bits per heavy atom. The van der Waals surface area contributed by atoms with E-state index >= 15 is 0 Å². The molecule has 2 aliphatic rings. The molecule has 2 aliphatic heterocycles. The summed E-state index contributed by atoms with van der Waals surface area (Å²) in [5.41, 5.74) is 1.12. The van der Waals surface area contributed by atoms with Crippen molar-refractivity contribution in [2.45, 2.75) is 56.8 Å². The van der Waals surface area contributed by atoms with Crippen LogP contribution in [0.2, 0.25) is 0 Å². The van der Waals surface area contributed by atoms with Crippen molar-refractivity contribution < 1.29 is 9.47 Å². The van der Waals surface area contributed by atoms with Gasteiger partial charge in [0.25, 0.3) is 0 Å². The summed E-state index contributed by atoms with van der Waals surface area (Å²) in [5, 5.41) is 3.67. The highest BCUT2D eigenvalue weighted by Gasteiger charge is 2.46. The highest BCUT2D eigenvalue weighted by atomic mass is 16.5. The summed E-state index contributed by atoms with van der Waals surface area (Å²) >= 11 is 0. The van der Waals surface area contributed by atoms with Crippen molar-refractivity contribution in [3.05, 3.63) is 48.7 Å². The summed E-state index contributed by atoms with van der Waals surface area (Å²) < 4.78 is 11.4. The Morgan fingerprint density at radius 3 is 2.85 bits per heavy atom. The molecule has 1 spiro atoms. The Labute approximate surface area is 163 Å². The largest absolute Gasteiger partial charge is 0.484 e. The second kappa shape index (κ2) is 9.38. The number of hydrogen-bond acceptors (Lipinski definition) is 5. The first-order valence-corrected chi connectivity index (χ1v) is 10.0. The van der Waals surface area contributed by atoms with E-state index in [-0.39, 0.29) is 11.6 Å². The van der Waals surface area contributed by atoms with Crippen LogP contribution in [-0.4, -0.2) is 55.2 Å². The number of nitrogens with one attached hydrogen (secondary N) is 1. The fraction of sp³-hybridized carbons (Fsp3) is 0.591. The van der Waals surface area contributed by atoms with Crippen molar-refractivity contribution in [3.63, 3.8) is 0 Å². The van der Waals surface area contributed by atoms with Crippen molar-refractivity contribution in [1.82, 2.24) is 10.2 Å². The Balaban J connectivity index is 1.64. The quantitative estimate of drug-likeness (QED) is 0.747. The average Bonchev–Trinajstić information content (AvgIpc) is 3.06. The lowest BCUT2D eigenvalue weighted by atomic mass is 9.83. The summed E-state index contributed by atoms with van der Waals surface area (Å²) in [7, 11) is 1.73. The zero-order valence-electron chi connectivity index (χ0n) is 16.7. The summed E-state index contributed by atoms with van der Waals surface area (Å²) in [5.74, 6) is 0.888. The lowest BCUT2D eigenvalue weighted by molar-refractivity contribution is 0.0800. The monoisotopic (exact) mass is 371 g/mol. The molecular weight excluding hydrogens is 338 g/mol. The summed E-state index contributed by atoms with van der Waals surface area (Å²) in [6.45, 7) is 9.37. The predicted molar refractivity (Wildman–Crippen MR) is 110 cm³/mol. The first kappa shape index (κ1) is 19.9. The van der Waals surface area contributed by atoms with Gasteiger partial charge in [0, 0.05) is 25.6 Å². The third-order valence-electron chi connectivity index (χ3n) is 5.89. The van der Waals surface area contributed by atoms with E-state index in [0.717, 1.165) is 44.7 Å². The van der Waals surface area contributed by atoms with Crippen molar-refractivity contribution in [2.75, 3.05) is 26.8 Å². The van der Waals surface area contributed by atoms with E-state index in [1.807, 2.05) is 24.4 Å². The molecule has 0 aliphatic carbocycles. The fourth-order valence-electron chi connectivity index (χ4n) is 4.23. The van der Waals surface area contributed by atoms with Crippen molar-refractivity contribution >= 4 is 5.90 Å². The lowest BCUT2D eigenvalue weighted by Gasteiger charge is -2.40. The van der Waals surface area contributed by atoms with Gasteiger partial charge in [-0.15, -0.1) is 0 Å². The second-order valence-corrected chi connectivity index (χ2v) is 7.64. The van der Waals surface area contributed by atoms with Gasteiger partial charge in [-0.3, -0.25) is 0 Å².